The summed E-state index contributed by atoms with van der Waals surface area (Å²) in [4.78, 5) is 16.6. The van der Waals surface area contributed by atoms with Gasteiger partial charge in [-0.25, -0.2) is 4.98 Å². The van der Waals surface area contributed by atoms with Crippen LogP contribution < -0.4 is 10.1 Å². The van der Waals surface area contributed by atoms with Crippen LogP contribution in [0.4, 0.5) is 5.13 Å². The van der Waals surface area contributed by atoms with Gasteiger partial charge in [-0.3, -0.25) is 4.79 Å². The number of carbonyl (C=O) groups is 1. The van der Waals surface area contributed by atoms with Crippen molar-refractivity contribution in [3.63, 3.8) is 0 Å². The van der Waals surface area contributed by atoms with Crippen LogP contribution in [0.3, 0.4) is 0 Å². The van der Waals surface area contributed by atoms with Crippen molar-refractivity contribution in [2.75, 3.05) is 11.9 Å². The smallest absolute Gasteiger partial charge is 0.230 e. The summed E-state index contributed by atoms with van der Waals surface area (Å²) in [5, 5.41) is 4.12. The lowest BCUT2D eigenvalue weighted by molar-refractivity contribution is -0.115. The van der Waals surface area contributed by atoms with Crippen molar-refractivity contribution in [1.82, 2.24) is 4.98 Å². The first-order valence-corrected chi connectivity index (χ1v) is 8.47. The highest BCUT2D eigenvalue weighted by Crippen LogP contribution is 2.29. The van der Waals surface area contributed by atoms with Crippen LogP contribution in [0.1, 0.15) is 11.1 Å². The number of halogens is 1. The fourth-order valence-corrected chi connectivity index (χ4v) is 3.81. The quantitative estimate of drug-likeness (QED) is 0.779. The maximum atomic E-state index is 12.2. The van der Waals surface area contributed by atoms with E-state index in [9.17, 15) is 4.79 Å². The number of nitrogens with zero attached hydrogens (tertiary/aromatic N) is 1. The molecule has 0 saturated carbocycles. The van der Waals surface area contributed by atoms with E-state index in [1.54, 1.807) is 6.07 Å². The Kier molecular flexibility index (Phi) is 3.67. The summed E-state index contributed by atoms with van der Waals surface area (Å²) < 4.78 is 6.44. The second kappa shape index (κ2) is 5.83. The molecule has 2 aromatic carbocycles. The third kappa shape index (κ3) is 3.02. The number of benzene rings is 2. The minimum Gasteiger partial charge on any atom is -0.493 e. The Hall–Kier alpha value is -2.11. The molecule has 1 aliphatic heterocycles. The number of nitrogens with one attached hydrogen (secondary N) is 1. The second-order valence-corrected chi connectivity index (χ2v) is 6.86. The molecule has 23 heavy (non-hydrogen) atoms. The molecule has 4 rings (SSSR count). The minimum absolute atomic E-state index is 0.0750. The highest BCUT2D eigenvalue weighted by Gasteiger charge is 2.14. The first-order valence-electron chi connectivity index (χ1n) is 7.28. The van der Waals surface area contributed by atoms with Gasteiger partial charge in [-0.2, -0.15) is 0 Å². The topological polar surface area (TPSA) is 51.2 Å². The minimum atomic E-state index is -0.0750. The van der Waals surface area contributed by atoms with Crippen molar-refractivity contribution in [3.05, 3.63) is 52.5 Å². The fraction of sp³-hybridized carbons (Fsp3) is 0.176. The molecule has 1 aliphatic rings. The molecule has 0 spiro atoms. The molecule has 0 radical (unpaired) electrons. The number of hydrogen-bond donors (Lipinski definition) is 1. The maximum Gasteiger partial charge on any atom is 0.230 e. The van der Waals surface area contributed by atoms with E-state index >= 15 is 0 Å². The molecule has 4 nitrogen and oxygen atoms in total. The van der Waals surface area contributed by atoms with Gasteiger partial charge in [-0.15, -0.1) is 0 Å². The molecule has 0 aliphatic carbocycles. The van der Waals surface area contributed by atoms with Gasteiger partial charge in [0.15, 0.2) is 5.13 Å². The lowest BCUT2D eigenvalue weighted by Gasteiger charge is -2.04. The van der Waals surface area contributed by atoms with Crippen molar-refractivity contribution < 1.29 is 9.53 Å². The molecule has 0 atom stereocenters. The van der Waals surface area contributed by atoms with Gasteiger partial charge in [0.25, 0.3) is 0 Å². The van der Waals surface area contributed by atoms with Gasteiger partial charge in [0.1, 0.15) is 5.75 Å². The zero-order chi connectivity index (χ0) is 15.8. The average molecular weight is 345 g/mol. The van der Waals surface area contributed by atoms with Gasteiger partial charge in [-0.05, 0) is 35.4 Å². The molecular formula is C17H13ClN2O2S. The number of rotatable bonds is 3. The molecule has 6 heteroatoms. The lowest BCUT2D eigenvalue weighted by atomic mass is 10.1. The molecule has 0 saturated heterocycles. The van der Waals surface area contributed by atoms with Crippen molar-refractivity contribution in [2.24, 2.45) is 0 Å². The zero-order valence-electron chi connectivity index (χ0n) is 12.1. The average Bonchev–Trinajstić information content (AvgIpc) is 3.11. The molecule has 1 aromatic heterocycles. The number of thiazole rings is 1. The monoisotopic (exact) mass is 344 g/mol. The normalized spacial score (nSPS) is 12.9. The molecule has 3 aromatic rings. The number of amides is 1. The number of aromatic nitrogens is 1. The third-order valence-electron chi connectivity index (χ3n) is 3.72. The van der Waals surface area contributed by atoms with Crippen LogP contribution in [0.2, 0.25) is 5.02 Å². The largest absolute Gasteiger partial charge is 0.493 e. The Bertz CT molecular complexity index is 907. The van der Waals surface area contributed by atoms with Crippen molar-refractivity contribution in [1.29, 1.82) is 0 Å². The van der Waals surface area contributed by atoms with Crippen LogP contribution >= 0.6 is 22.9 Å². The van der Waals surface area contributed by atoms with Crippen LogP contribution in [0.15, 0.2) is 36.4 Å². The van der Waals surface area contributed by atoms with Crippen LogP contribution in [-0.2, 0) is 17.6 Å². The first-order chi connectivity index (χ1) is 11.2. The van der Waals surface area contributed by atoms with Crippen molar-refractivity contribution in [3.8, 4) is 5.75 Å². The lowest BCUT2D eigenvalue weighted by Crippen LogP contribution is -2.14. The summed E-state index contributed by atoms with van der Waals surface area (Å²) in [5.74, 6) is 0.853. The van der Waals surface area contributed by atoms with Gasteiger partial charge in [0, 0.05) is 11.4 Å². The van der Waals surface area contributed by atoms with Gasteiger partial charge < -0.3 is 10.1 Å². The summed E-state index contributed by atoms with van der Waals surface area (Å²) >= 11 is 7.39. The Morgan fingerprint density at radius 3 is 3.13 bits per heavy atom. The Morgan fingerprint density at radius 1 is 1.30 bits per heavy atom. The number of fused-ring (bicyclic) bond motifs is 2. The summed E-state index contributed by atoms with van der Waals surface area (Å²) in [6.45, 7) is 0.721. The number of hydrogen-bond acceptors (Lipinski definition) is 4. The molecule has 2 heterocycles. The van der Waals surface area contributed by atoms with E-state index in [0.29, 0.717) is 16.6 Å². The SMILES string of the molecule is O=C(Cc1ccc2c(c1)CCO2)Nc1nc2ccc(Cl)cc2s1. The summed E-state index contributed by atoms with van der Waals surface area (Å²) in [6.07, 6.45) is 1.23. The van der Waals surface area contributed by atoms with Crippen LogP contribution in [-0.4, -0.2) is 17.5 Å². The molecule has 0 bridgehead atoms. The highest BCUT2D eigenvalue weighted by molar-refractivity contribution is 7.22. The van der Waals surface area contributed by atoms with E-state index in [1.807, 2.05) is 30.3 Å². The van der Waals surface area contributed by atoms with E-state index in [4.69, 9.17) is 16.3 Å². The first kappa shape index (κ1) is 14.5. The van der Waals surface area contributed by atoms with Gasteiger partial charge in [-0.1, -0.05) is 35.1 Å². The van der Waals surface area contributed by atoms with Crippen LogP contribution in [0.5, 0.6) is 5.75 Å². The summed E-state index contributed by atoms with van der Waals surface area (Å²) in [7, 11) is 0. The fourth-order valence-electron chi connectivity index (χ4n) is 2.65. The highest BCUT2D eigenvalue weighted by atomic mass is 35.5. The Morgan fingerprint density at radius 2 is 2.22 bits per heavy atom. The van der Waals surface area contributed by atoms with Crippen molar-refractivity contribution in [2.45, 2.75) is 12.8 Å². The summed E-state index contributed by atoms with van der Waals surface area (Å²) in [6, 6.07) is 11.4. The van der Waals surface area contributed by atoms with E-state index in [2.05, 4.69) is 10.3 Å². The third-order valence-corrected chi connectivity index (χ3v) is 4.88. The predicted octanol–water partition coefficient (Wildman–Crippen LogP) is 4.07. The van der Waals surface area contributed by atoms with Crippen LogP contribution in [0, 0.1) is 0 Å². The summed E-state index contributed by atoms with van der Waals surface area (Å²) in [5.41, 5.74) is 2.99. The molecule has 1 amide bonds. The second-order valence-electron chi connectivity index (χ2n) is 5.40. The van der Waals surface area contributed by atoms with Gasteiger partial charge in [0.05, 0.1) is 23.2 Å². The van der Waals surface area contributed by atoms with E-state index in [0.717, 1.165) is 34.6 Å². The van der Waals surface area contributed by atoms with Crippen molar-refractivity contribution >= 4 is 44.2 Å². The predicted molar refractivity (Wildman–Crippen MR) is 92.6 cm³/mol. The molecular weight excluding hydrogens is 332 g/mol. The molecule has 1 N–H and O–H groups in total. The molecule has 116 valence electrons. The standard InChI is InChI=1S/C17H13ClN2O2S/c18-12-2-3-13-15(9-12)23-17(19-13)20-16(21)8-10-1-4-14-11(7-10)5-6-22-14/h1-4,7,9H,5-6,8H2,(H,19,20,21). The van der Waals surface area contributed by atoms with Gasteiger partial charge >= 0.3 is 0 Å². The number of ether oxygens (including phenoxy) is 1. The molecule has 0 unspecified atom stereocenters. The maximum absolute atomic E-state index is 12.2. The van der Waals surface area contributed by atoms with Crippen LogP contribution in [0.25, 0.3) is 10.2 Å². The Labute approximate surface area is 142 Å². The number of carbonyl (C=O) groups excluding carboxylic acids is 1. The number of anilines is 1. The zero-order valence-corrected chi connectivity index (χ0v) is 13.7. The van der Waals surface area contributed by atoms with Gasteiger partial charge in [0.2, 0.25) is 5.91 Å². The van der Waals surface area contributed by atoms with E-state index < -0.39 is 0 Å². The molecule has 0 fully saturated rings. The Balaban J connectivity index is 1.48. The van der Waals surface area contributed by atoms with E-state index in [1.165, 1.54) is 16.9 Å². The van der Waals surface area contributed by atoms with E-state index in [-0.39, 0.29) is 5.91 Å².